The van der Waals surface area contributed by atoms with E-state index in [0.717, 1.165) is 15.6 Å². The van der Waals surface area contributed by atoms with E-state index in [-0.39, 0.29) is 5.82 Å². The van der Waals surface area contributed by atoms with Gasteiger partial charge in [-0.05, 0) is 53.9 Å². The number of halogens is 2. The minimum Gasteiger partial charge on any atom is -0.496 e. The lowest BCUT2D eigenvalue weighted by atomic mass is 9.97. The predicted molar refractivity (Wildman–Crippen MR) is 80.5 cm³/mol. The summed E-state index contributed by atoms with van der Waals surface area (Å²) in [5.41, 5.74) is 2.35. The van der Waals surface area contributed by atoms with Crippen LogP contribution in [0.2, 0.25) is 0 Å². The van der Waals surface area contributed by atoms with Crippen molar-refractivity contribution in [2.45, 2.75) is 19.4 Å². The van der Waals surface area contributed by atoms with Crippen molar-refractivity contribution in [2.75, 3.05) is 7.11 Å². The normalized spacial score (nSPS) is 12.2. The lowest BCUT2D eigenvalue weighted by Crippen LogP contribution is -2.05. The molecule has 2 nitrogen and oxygen atoms in total. The average Bonchev–Trinajstić information content (AvgIpc) is 2.41. The van der Waals surface area contributed by atoms with Crippen LogP contribution in [0.15, 0.2) is 40.9 Å². The number of aryl methyl sites for hydroxylation is 1. The van der Waals surface area contributed by atoms with Gasteiger partial charge in [0, 0.05) is 10.9 Å². The number of rotatable bonds is 4. The molecule has 20 heavy (non-hydrogen) atoms. The fourth-order valence-corrected chi connectivity index (χ4v) is 2.60. The van der Waals surface area contributed by atoms with E-state index >= 15 is 0 Å². The molecule has 0 saturated carbocycles. The third-order valence-electron chi connectivity index (χ3n) is 3.26. The van der Waals surface area contributed by atoms with Gasteiger partial charge in [0.25, 0.3) is 0 Å². The molecule has 0 fully saturated rings. The molecular formula is C16H16BrFO2. The number of aliphatic hydroxyl groups is 1. The second-order valence-corrected chi connectivity index (χ2v) is 5.59. The smallest absolute Gasteiger partial charge is 0.123 e. The zero-order valence-electron chi connectivity index (χ0n) is 11.4. The Labute approximate surface area is 126 Å². The summed E-state index contributed by atoms with van der Waals surface area (Å²) >= 11 is 3.40. The maximum Gasteiger partial charge on any atom is 0.123 e. The SMILES string of the molecule is COc1ccc(Br)cc1CC(O)c1cc(F)ccc1C. The molecule has 2 aromatic carbocycles. The Morgan fingerprint density at radius 1 is 1.25 bits per heavy atom. The van der Waals surface area contributed by atoms with Crippen molar-refractivity contribution in [3.63, 3.8) is 0 Å². The van der Waals surface area contributed by atoms with Crippen molar-refractivity contribution in [3.05, 3.63) is 63.4 Å². The molecule has 0 radical (unpaired) electrons. The highest BCUT2D eigenvalue weighted by molar-refractivity contribution is 9.10. The van der Waals surface area contributed by atoms with E-state index in [4.69, 9.17) is 4.74 Å². The first kappa shape index (κ1) is 15.0. The maximum absolute atomic E-state index is 13.3. The van der Waals surface area contributed by atoms with Crippen molar-refractivity contribution in [2.24, 2.45) is 0 Å². The van der Waals surface area contributed by atoms with Crippen LogP contribution in [0.1, 0.15) is 22.8 Å². The van der Waals surface area contributed by atoms with Gasteiger partial charge in [0.05, 0.1) is 13.2 Å². The van der Waals surface area contributed by atoms with E-state index in [0.29, 0.717) is 17.7 Å². The standard InChI is InChI=1S/C16H16BrFO2/c1-10-3-5-13(18)9-14(10)15(19)8-11-7-12(17)4-6-16(11)20-2/h3-7,9,15,19H,8H2,1-2H3. The molecule has 0 heterocycles. The molecule has 1 unspecified atom stereocenters. The summed E-state index contributed by atoms with van der Waals surface area (Å²) in [6, 6.07) is 10.1. The van der Waals surface area contributed by atoms with Gasteiger partial charge in [0.2, 0.25) is 0 Å². The van der Waals surface area contributed by atoms with Gasteiger partial charge in [-0.15, -0.1) is 0 Å². The Bertz CT molecular complexity index is 613. The molecule has 0 amide bonds. The van der Waals surface area contributed by atoms with Crippen molar-refractivity contribution < 1.29 is 14.2 Å². The van der Waals surface area contributed by atoms with Gasteiger partial charge in [-0.25, -0.2) is 4.39 Å². The Kier molecular flexibility index (Phi) is 4.78. The number of ether oxygens (including phenoxy) is 1. The van der Waals surface area contributed by atoms with E-state index in [1.54, 1.807) is 13.2 Å². The summed E-state index contributed by atoms with van der Waals surface area (Å²) in [5.74, 6) is 0.368. The highest BCUT2D eigenvalue weighted by Crippen LogP contribution is 2.29. The Hall–Kier alpha value is -1.39. The molecule has 1 atom stereocenters. The molecule has 0 aliphatic heterocycles. The van der Waals surface area contributed by atoms with E-state index in [9.17, 15) is 9.50 Å². The van der Waals surface area contributed by atoms with Crippen LogP contribution < -0.4 is 4.74 Å². The van der Waals surface area contributed by atoms with Gasteiger partial charge in [-0.3, -0.25) is 0 Å². The summed E-state index contributed by atoms with van der Waals surface area (Å²) in [5, 5.41) is 10.4. The number of hydrogen-bond donors (Lipinski definition) is 1. The highest BCUT2D eigenvalue weighted by Gasteiger charge is 2.15. The van der Waals surface area contributed by atoms with Gasteiger partial charge in [0.15, 0.2) is 0 Å². The molecule has 106 valence electrons. The molecule has 0 aliphatic rings. The summed E-state index contributed by atoms with van der Waals surface area (Å²) in [7, 11) is 1.59. The maximum atomic E-state index is 13.3. The molecule has 0 bridgehead atoms. The Morgan fingerprint density at radius 3 is 2.70 bits per heavy atom. The van der Waals surface area contributed by atoms with Crippen molar-refractivity contribution in [1.29, 1.82) is 0 Å². The highest BCUT2D eigenvalue weighted by atomic mass is 79.9. The van der Waals surface area contributed by atoms with Crippen LogP contribution in [0.5, 0.6) is 5.75 Å². The van der Waals surface area contributed by atoms with Crippen LogP contribution >= 0.6 is 15.9 Å². The number of aliphatic hydroxyl groups excluding tert-OH is 1. The van der Waals surface area contributed by atoms with Crippen LogP contribution in [0.4, 0.5) is 4.39 Å². The summed E-state index contributed by atoms with van der Waals surface area (Å²) in [6.07, 6.45) is -0.402. The molecule has 0 saturated heterocycles. The van der Waals surface area contributed by atoms with Crippen LogP contribution in [0.3, 0.4) is 0 Å². The summed E-state index contributed by atoms with van der Waals surface area (Å²) < 4.78 is 19.5. The van der Waals surface area contributed by atoms with Gasteiger partial charge in [-0.1, -0.05) is 22.0 Å². The van der Waals surface area contributed by atoms with Crippen LogP contribution in [-0.4, -0.2) is 12.2 Å². The lowest BCUT2D eigenvalue weighted by Gasteiger charge is -2.16. The van der Waals surface area contributed by atoms with E-state index in [1.807, 2.05) is 25.1 Å². The first-order chi connectivity index (χ1) is 9.51. The Morgan fingerprint density at radius 2 is 2.00 bits per heavy atom. The van der Waals surface area contributed by atoms with Gasteiger partial charge in [0.1, 0.15) is 11.6 Å². The summed E-state index contributed by atoms with van der Waals surface area (Å²) in [4.78, 5) is 0. The zero-order valence-corrected chi connectivity index (χ0v) is 12.9. The fraction of sp³-hybridized carbons (Fsp3) is 0.250. The fourth-order valence-electron chi connectivity index (χ4n) is 2.20. The van der Waals surface area contributed by atoms with Crippen molar-refractivity contribution >= 4 is 15.9 Å². The molecule has 1 N–H and O–H groups in total. The molecule has 0 spiro atoms. The number of hydrogen-bond acceptors (Lipinski definition) is 2. The topological polar surface area (TPSA) is 29.5 Å². The van der Waals surface area contributed by atoms with Gasteiger partial charge < -0.3 is 9.84 Å². The third kappa shape index (κ3) is 3.38. The van der Waals surface area contributed by atoms with E-state index < -0.39 is 6.10 Å². The van der Waals surface area contributed by atoms with Crippen molar-refractivity contribution in [3.8, 4) is 5.75 Å². The molecular weight excluding hydrogens is 323 g/mol. The van der Waals surface area contributed by atoms with Crippen LogP contribution in [0, 0.1) is 12.7 Å². The zero-order chi connectivity index (χ0) is 14.7. The molecule has 0 aromatic heterocycles. The monoisotopic (exact) mass is 338 g/mol. The molecule has 2 rings (SSSR count). The first-order valence-electron chi connectivity index (χ1n) is 6.28. The van der Waals surface area contributed by atoms with E-state index in [2.05, 4.69) is 15.9 Å². The molecule has 4 heteroatoms. The second kappa shape index (κ2) is 6.37. The first-order valence-corrected chi connectivity index (χ1v) is 7.07. The summed E-state index contributed by atoms with van der Waals surface area (Å²) in [6.45, 7) is 1.86. The van der Waals surface area contributed by atoms with Crippen LogP contribution in [-0.2, 0) is 6.42 Å². The lowest BCUT2D eigenvalue weighted by molar-refractivity contribution is 0.176. The largest absolute Gasteiger partial charge is 0.496 e. The molecule has 2 aromatic rings. The van der Waals surface area contributed by atoms with E-state index in [1.165, 1.54) is 12.1 Å². The average molecular weight is 339 g/mol. The number of methoxy groups -OCH3 is 1. The van der Waals surface area contributed by atoms with Crippen LogP contribution in [0.25, 0.3) is 0 Å². The quantitative estimate of drug-likeness (QED) is 0.905. The van der Waals surface area contributed by atoms with Crippen molar-refractivity contribution in [1.82, 2.24) is 0 Å². The molecule has 0 aliphatic carbocycles. The third-order valence-corrected chi connectivity index (χ3v) is 3.75. The van der Waals surface area contributed by atoms with Gasteiger partial charge in [-0.2, -0.15) is 0 Å². The minimum absolute atomic E-state index is 0.342. The number of benzene rings is 2. The predicted octanol–water partition coefficient (Wildman–Crippen LogP) is 4.18. The van der Waals surface area contributed by atoms with Gasteiger partial charge >= 0.3 is 0 Å². The minimum atomic E-state index is -0.770. The second-order valence-electron chi connectivity index (χ2n) is 4.68. The Balaban J connectivity index is 2.29.